The van der Waals surface area contributed by atoms with E-state index in [0.29, 0.717) is 19.3 Å². The summed E-state index contributed by atoms with van der Waals surface area (Å²) in [6.45, 7) is 2.76. The minimum Gasteiger partial charge on any atom is -0.486 e. The SMILES string of the molecule is c1ccc2c(c1)OCC(COCCCCOC1CCCCC1)O2. The van der Waals surface area contributed by atoms with Crippen LogP contribution in [0.4, 0.5) is 0 Å². The summed E-state index contributed by atoms with van der Waals surface area (Å²) in [6, 6.07) is 7.77. The lowest BCUT2D eigenvalue weighted by Crippen LogP contribution is -2.33. The number of hydrogen-bond donors (Lipinski definition) is 0. The zero-order valence-corrected chi connectivity index (χ0v) is 13.9. The maximum absolute atomic E-state index is 5.92. The zero-order valence-electron chi connectivity index (χ0n) is 13.9. The van der Waals surface area contributed by atoms with Crippen LogP contribution in [-0.2, 0) is 9.47 Å². The molecule has 3 rings (SSSR count). The molecule has 4 nitrogen and oxygen atoms in total. The molecule has 1 heterocycles. The van der Waals surface area contributed by atoms with Gasteiger partial charge in [-0.05, 0) is 37.8 Å². The van der Waals surface area contributed by atoms with Crippen molar-refractivity contribution >= 4 is 0 Å². The fraction of sp³-hybridized carbons (Fsp3) is 0.684. The van der Waals surface area contributed by atoms with Crippen LogP contribution < -0.4 is 9.47 Å². The highest BCUT2D eigenvalue weighted by Crippen LogP contribution is 2.30. The molecule has 0 N–H and O–H groups in total. The highest BCUT2D eigenvalue weighted by Gasteiger charge is 2.20. The van der Waals surface area contributed by atoms with E-state index in [2.05, 4.69) is 0 Å². The monoisotopic (exact) mass is 320 g/mol. The van der Waals surface area contributed by atoms with Gasteiger partial charge in [0.05, 0.1) is 12.7 Å². The fourth-order valence-electron chi connectivity index (χ4n) is 3.15. The first-order valence-electron chi connectivity index (χ1n) is 8.99. The third-order valence-corrected chi connectivity index (χ3v) is 4.46. The second-order valence-corrected chi connectivity index (χ2v) is 6.41. The Hall–Kier alpha value is -1.26. The van der Waals surface area contributed by atoms with Gasteiger partial charge in [0, 0.05) is 13.2 Å². The number of unbranched alkanes of at least 4 members (excludes halogenated alkanes) is 1. The molecule has 1 unspecified atom stereocenters. The second-order valence-electron chi connectivity index (χ2n) is 6.41. The molecule has 1 atom stereocenters. The summed E-state index contributed by atoms with van der Waals surface area (Å²) in [6.07, 6.45) is 9.15. The molecule has 1 aromatic carbocycles. The van der Waals surface area contributed by atoms with Crippen molar-refractivity contribution in [2.75, 3.05) is 26.4 Å². The smallest absolute Gasteiger partial charge is 0.161 e. The largest absolute Gasteiger partial charge is 0.486 e. The highest BCUT2D eigenvalue weighted by atomic mass is 16.6. The number of fused-ring (bicyclic) bond motifs is 1. The minimum atomic E-state index is -0.0108. The first-order chi connectivity index (χ1) is 11.4. The summed E-state index contributed by atoms with van der Waals surface area (Å²) < 4.78 is 23.2. The molecular formula is C19H28O4. The Morgan fingerprint density at radius 1 is 0.957 bits per heavy atom. The topological polar surface area (TPSA) is 36.9 Å². The minimum absolute atomic E-state index is 0.0108. The van der Waals surface area contributed by atoms with Gasteiger partial charge in [0.25, 0.3) is 0 Å². The van der Waals surface area contributed by atoms with Gasteiger partial charge in [-0.1, -0.05) is 31.4 Å². The molecule has 0 bridgehead atoms. The lowest BCUT2D eigenvalue weighted by molar-refractivity contribution is 0.000778. The standard InChI is InChI=1S/C19H28O4/c1-2-8-16(9-3-1)21-13-7-6-12-20-14-17-15-22-18-10-4-5-11-19(18)23-17/h4-5,10-11,16-17H,1-3,6-9,12-15H2. The molecule has 23 heavy (non-hydrogen) atoms. The van der Waals surface area contributed by atoms with Gasteiger partial charge >= 0.3 is 0 Å². The lowest BCUT2D eigenvalue weighted by Gasteiger charge is -2.26. The van der Waals surface area contributed by atoms with Crippen LogP contribution in [0.5, 0.6) is 11.5 Å². The Balaban J connectivity index is 1.21. The molecular weight excluding hydrogens is 292 g/mol. The van der Waals surface area contributed by atoms with Crippen molar-refractivity contribution in [3.05, 3.63) is 24.3 Å². The van der Waals surface area contributed by atoms with Crippen molar-refractivity contribution in [1.29, 1.82) is 0 Å². The lowest BCUT2D eigenvalue weighted by atomic mass is 9.98. The molecule has 0 saturated heterocycles. The summed E-state index contributed by atoms with van der Waals surface area (Å²) in [5, 5.41) is 0. The molecule has 4 heteroatoms. The van der Waals surface area contributed by atoms with Gasteiger partial charge < -0.3 is 18.9 Å². The molecule has 1 aromatic rings. The third kappa shape index (κ3) is 5.40. The van der Waals surface area contributed by atoms with E-state index in [1.165, 1.54) is 32.1 Å². The van der Waals surface area contributed by atoms with Gasteiger partial charge in [-0.25, -0.2) is 0 Å². The molecule has 1 aliphatic carbocycles. The predicted octanol–water partition coefficient (Wildman–Crippen LogP) is 3.97. The van der Waals surface area contributed by atoms with Crippen LogP contribution in [0, 0.1) is 0 Å². The van der Waals surface area contributed by atoms with E-state index in [1.807, 2.05) is 24.3 Å². The first kappa shape index (κ1) is 16.6. The molecule has 0 amide bonds. The number of ether oxygens (including phenoxy) is 4. The van der Waals surface area contributed by atoms with Crippen LogP contribution in [0.1, 0.15) is 44.9 Å². The Morgan fingerprint density at radius 3 is 2.61 bits per heavy atom. The van der Waals surface area contributed by atoms with Crippen molar-refractivity contribution in [3.8, 4) is 11.5 Å². The summed E-state index contributed by atoms with van der Waals surface area (Å²) >= 11 is 0. The van der Waals surface area contributed by atoms with Crippen LogP contribution in [0.15, 0.2) is 24.3 Å². The van der Waals surface area contributed by atoms with Gasteiger partial charge in [-0.15, -0.1) is 0 Å². The molecule has 2 aliphatic rings. The molecule has 128 valence electrons. The molecule has 1 aliphatic heterocycles. The van der Waals surface area contributed by atoms with Crippen molar-refractivity contribution in [3.63, 3.8) is 0 Å². The summed E-state index contributed by atoms with van der Waals surface area (Å²) in [5.41, 5.74) is 0. The van der Waals surface area contributed by atoms with Crippen molar-refractivity contribution in [2.45, 2.75) is 57.2 Å². The molecule has 1 saturated carbocycles. The fourth-order valence-corrected chi connectivity index (χ4v) is 3.15. The van der Waals surface area contributed by atoms with Crippen LogP contribution in [0.2, 0.25) is 0 Å². The van der Waals surface area contributed by atoms with E-state index in [9.17, 15) is 0 Å². The average Bonchev–Trinajstić information content (AvgIpc) is 2.61. The Bertz CT molecular complexity index is 456. The van der Waals surface area contributed by atoms with Crippen molar-refractivity contribution < 1.29 is 18.9 Å². The van der Waals surface area contributed by atoms with Gasteiger partial charge in [-0.2, -0.15) is 0 Å². The predicted molar refractivity (Wildman–Crippen MR) is 89.2 cm³/mol. The summed E-state index contributed by atoms with van der Waals surface area (Å²) in [5.74, 6) is 1.64. The molecule has 0 aromatic heterocycles. The van der Waals surface area contributed by atoms with Crippen LogP contribution in [0.25, 0.3) is 0 Å². The van der Waals surface area contributed by atoms with Gasteiger partial charge in [-0.3, -0.25) is 0 Å². The van der Waals surface area contributed by atoms with E-state index in [4.69, 9.17) is 18.9 Å². The number of hydrogen-bond acceptors (Lipinski definition) is 4. The molecule has 0 radical (unpaired) electrons. The van der Waals surface area contributed by atoms with Gasteiger partial charge in [0.1, 0.15) is 6.61 Å². The Kier molecular flexibility index (Phi) is 6.59. The molecule has 1 fully saturated rings. The average molecular weight is 320 g/mol. The van der Waals surface area contributed by atoms with Crippen LogP contribution >= 0.6 is 0 Å². The van der Waals surface area contributed by atoms with Gasteiger partial charge in [0.15, 0.2) is 17.6 Å². The number of para-hydroxylation sites is 2. The van der Waals surface area contributed by atoms with E-state index >= 15 is 0 Å². The second kappa shape index (κ2) is 9.14. The Labute approximate surface area is 139 Å². The quantitative estimate of drug-likeness (QED) is 0.679. The van der Waals surface area contributed by atoms with E-state index < -0.39 is 0 Å². The zero-order chi connectivity index (χ0) is 15.7. The maximum atomic E-state index is 5.92. The Morgan fingerprint density at radius 2 is 1.74 bits per heavy atom. The van der Waals surface area contributed by atoms with E-state index in [1.54, 1.807) is 0 Å². The number of rotatable bonds is 8. The van der Waals surface area contributed by atoms with Gasteiger partial charge in [0.2, 0.25) is 0 Å². The summed E-state index contributed by atoms with van der Waals surface area (Å²) in [4.78, 5) is 0. The highest BCUT2D eigenvalue weighted by molar-refractivity contribution is 5.40. The number of benzene rings is 1. The van der Waals surface area contributed by atoms with Crippen molar-refractivity contribution in [1.82, 2.24) is 0 Å². The summed E-state index contributed by atoms with van der Waals surface area (Å²) in [7, 11) is 0. The molecule has 0 spiro atoms. The maximum Gasteiger partial charge on any atom is 0.161 e. The van der Waals surface area contributed by atoms with E-state index in [-0.39, 0.29) is 6.10 Å². The van der Waals surface area contributed by atoms with Crippen LogP contribution in [-0.4, -0.2) is 38.6 Å². The van der Waals surface area contributed by atoms with Crippen LogP contribution in [0.3, 0.4) is 0 Å². The normalized spacial score (nSPS) is 21.3. The first-order valence-corrected chi connectivity index (χ1v) is 8.99. The van der Waals surface area contributed by atoms with E-state index in [0.717, 1.165) is 37.6 Å². The van der Waals surface area contributed by atoms with Crippen molar-refractivity contribution in [2.24, 2.45) is 0 Å². The third-order valence-electron chi connectivity index (χ3n) is 4.46.